The van der Waals surface area contributed by atoms with Crippen LogP contribution in [0.5, 0.6) is 0 Å². The van der Waals surface area contributed by atoms with Gasteiger partial charge >= 0.3 is 5.97 Å². The average Bonchev–Trinajstić information content (AvgIpc) is 2.36. The Morgan fingerprint density at radius 2 is 2.18 bits per heavy atom. The molecular weight excluding hydrogens is 284 g/mol. The first kappa shape index (κ1) is 13.9. The fourth-order valence-electron chi connectivity index (χ4n) is 1.55. The summed E-state index contributed by atoms with van der Waals surface area (Å²) in [5, 5.41) is 0.661. The number of ether oxygens (including phenoxy) is 1. The predicted molar refractivity (Wildman–Crippen MR) is 69.4 cm³/mol. The Labute approximate surface area is 109 Å². The topological polar surface area (TPSA) is 43.4 Å². The lowest BCUT2D eigenvalue weighted by molar-refractivity contribution is -0.107. The summed E-state index contributed by atoms with van der Waals surface area (Å²) in [6.45, 7) is 2.15. The van der Waals surface area contributed by atoms with Gasteiger partial charge in [-0.05, 0) is 36.6 Å². The molecule has 0 aliphatic heterocycles. The van der Waals surface area contributed by atoms with Crippen LogP contribution in [-0.4, -0.2) is 18.9 Å². The Hall–Kier alpha value is -1.16. The first-order chi connectivity index (χ1) is 8.22. The third-order valence-corrected chi connectivity index (χ3v) is 3.00. The number of alkyl halides is 1. The van der Waals surface area contributed by atoms with E-state index in [0.717, 1.165) is 17.4 Å². The van der Waals surface area contributed by atoms with Gasteiger partial charge in [-0.2, -0.15) is 0 Å². The van der Waals surface area contributed by atoms with E-state index in [-0.39, 0.29) is 5.97 Å². The molecule has 1 rings (SSSR count). The number of hydrogen-bond donors (Lipinski definition) is 0. The van der Waals surface area contributed by atoms with Crippen molar-refractivity contribution in [1.29, 1.82) is 0 Å². The molecule has 0 saturated carbocycles. The van der Waals surface area contributed by atoms with E-state index < -0.39 is 0 Å². The zero-order valence-corrected chi connectivity index (χ0v) is 11.3. The van der Waals surface area contributed by atoms with Crippen LogP contribution in [0.3, 0.4) is 0 Å². The molecule has 0 aliphatic carbocycles. The van der Waals surface area contributed by atoms with E-state index in [0.29, 0.717) is 30.3 Å². The van der Waals surface area contributed by atoms with Crippen molar-refractivity contribution in [3.63, 3.8) is 0 Å². The van der Waals surface area contributed by atoms with Gasteiger partial charge < -0.3 is 9.53 Å². The second kappa shape index (κ2) is 7.22. The highest BCUT2D eigenvalue weighted by atomic mass is 79.9. The van der Waals surface area contributed by atoms with Crippen LogP contribution in [0.15, 0.2) is 18.2 Å². The molecule has 17 heavy (non-hydrogen) atoms. The molecule has 0 spiro atoms. The van der Waals surface area contributed by atoms with Gasteiger partial charge in [0.1, 0.15) is 6.29 Å². The number of halogens is 1. The number of esters is 1. The minimum absolute atomic E-state index is 0.309. The van der Waals surface area contributed by atoms with Gasteiger partial charge in [0.05, 0.1) is 12.2 Å². The molecule has 0 atom stereocenters. The fraction of sp³-hybridized carbons (Fsp3) is 0.385. The molecule has 0 aliphatic rings. The van der Waals surface area contributed by atoms with Crippen LogP contribution in [0.2, 0.25) is 0 Å². The Balaban J connectivity index is 2.91. The van der Waals surface area contributed by atoms with Crippen molar-refractivity contribution in [3.05, 3.63) is 34.9 Å². The minimum Gasteiger partial charge on any atom is -0.462 e. The maximum absolute atomic E-state index is 11.5. The number of hydrogen-bond acceptors (Lipinski definition) is 3. The number of carbonyl (C=O) groups excluding carboxylic acids is 2. The van der Waals surface area contributed by atoms with E-state index in [1.165, 1.54) is 0 Å². The van der Waals surface area contributed by atoms with Crippen molar-refractivity contribution in [3.8, 4) is 0 Å². The molecular formula is C13H15BrO3. The molecule has 0 aromatic heterocycles. The zero-order valence-electron chi connectivity index (χ0n) is 9.74. The molecule has 0 fully saturated rings. The van der Waals surface area contributed by atoms with Gasteiger partial charge in [0.15, 0.2) is 0 Å². The first-order valence-corrected chi connectivity index (χ1v) is 6.63. The van der Waals surface area contributed by atoms with E-state index in [4.69, 9.17) is 4.74 Å². The summed E-state index contributed by atoms with van der Waals surface area (Å²) in [5.74, 6) is -0.309. The van der Waals surface area contributed by atoms with Crippen LogP contribution in [-0.2, 0) is 21.3 Å². The molecule has 0 amide bonds. The minimum atomic E-state index is -0.309. The molecule has 0 heterocycles. The van der Waals surface area contributed by atoms with Gasteiger partial charge in [-0.1, -0.05) is 22.0 Å². The summed E-state index contributed by atoms with van der Waals surface area (Å²) >= 11 is 3.38. The van der Waals surface area contributed by atoms with Crippen molar-refractivity contribution >= 4 is 28.2 Å². The number of aldehydes is 1. The summed E-state index contributed by atoms with van der Waals surface area (Å²) in [4.78, 5) is 21.9. The number of rotatable bonds is 6. The Bertz CT molecular complexity index is 402. The Morgan fingerprint density at radius 1 is 1.41 bits per heavy atom. The van der Waals surface area contributed by atoms with Gasteiger partial charge in [0.25, 0.3) is 0 Å². The third kappa shape index (κ3) is 3.97. The van der Waals surface area contributed by atoms with Crippen LogP contribution < -0.4 is 0 Å². The molecule has 0 saturated heterocycles. The van der Waals surface area contributed by atoms with E-state index in [1.54, 1.807) is 13.0 Å². The maximum Gasteiger partial charge on any atom is 0.338 e. The van der Waals surface area contributed by atoms with Crippen LogP contribution in [0.1, 0.15) is 34.8 Å². The van der Waals surface area contributed by atoms with Crippen molar-refractivity contribution < 1.29 is 14.3 Å². The largest absolute Gasteiger partial charge is 0.462 e. The van der Waals surface area contributed by atoms with Gasteiger partial charge in [0.2, 0.25) is 0 Å². The molecule has 0 radical (unpaired) electrons. The normalized spacial score (nSPS) is 10.0. The average molecular weight is 299 g/mol. The summed E-state index contributed by atoms with van der Waals surface area (Å²) in [6.07, 6.45) is 2.10. The van der Waals surface area contributed by atoms with Crippen LogP contribution in [0.4, 0.5) is 0 Å². The van der Waals surface area contributed by atoms with Crippen molar-refractivity contribution in [2.45, 2.75) is 25.1 Å². The maximum atomic E-state index is 11.5. The number of aryl methyl sites for hydroxylation is 1. The van der Waals surface area contributed by atoms with E-state index in [1.807, 2.05) is 12.1 Å². The number of carbonyl (C=O) groups is 2. The highest BCUT2D eigenvalue weighted by molar-refractivity contribution is 9.08. The van der Waals surface area contributed by atoms with Crippen LogP contribution >= 0.6 is 15.9 Å². The molecule has 0 bridgehead atoms. The van der Waals surface area contributed by atoms with Crippen molar-refractivity contribution in [2.24, 2.45) is 0 Å². The molecule has 92 valence electrons. The third-order valence-electron chi connectivity index (χ3n) is 2.39. The van der Waals surface area contributed by atoms with Gasteiger partial charge in [-0.25, -0.2) is 4.79 Å². The summed E-state index contributed by atoms with van der Waals surface area (Å²) in [5.41, 5.74) is 2.66. The quantitative estimate of drug-likeness (QED) is 0.461. The molecule has 3 nitrogen and oxygen atoms in total. The van der Waals surface area contributed by atoms with Gasteiger partial charge in [-0.15, -0.1) is 0 Å². The molecule has 1 aromatic rings. The van der Waals surface area contributed by atoms with Crippen molar-refractivity contribution in [1.82, 2.24) is 0 Å². The van der Waals surface area contributed by atoms with E-state index >= 15 is 0 Å². The molecule has 0 unspecified atom stereocenters. The molecule has 4 heteroatoms. The lowest BCUT2D eigenvalue weighted by Crippen LogP contribution is -2.06. The zero-order chi connectivity index (χ0) is 12.7. The lowest BCUT2D eigenvalue weighted by atomic mass is 10.0. The van der Waals surface area contributed by atoms with Gasteiger partial charge in [-0.3, -0.25) is 0 Å². The van der Waals surface area contributed by atoms with Crippen LogP contribution in [0.25, 0.3) is 0 Å². The van der Waals surface area contributed by atoms with Crippen molar-refractivity contribution in [2.75, 3.05) is 6.61 Å². The van der Waals surface area contributed by atoms with Crippen LogP contribution in [0, 0.1) is 0 Å². The predicted octanol–water partition coefficient (Wildman–Crippen LogP) is 2.89. The first-order valence-electron chi connectivity index (χ1n) is 5.51. The highest BCUT2D eigenvalue weighted by Crippen LogP contribution is 2.17. The molecule has 1 aromatic carbocycles. The van der Waals surface area contributed by atoms with E-state index in [2.05, 4.69) is 15.9 Å². The summed E-state index contributed by atoms with van der Waals surface area (Å²) in [7, 11) is 0. The Kier molecular flexibility index (Phi) is 5.91. The van der Waals surface area contributed by atoms with E-state index in [9.17, 15) is 9.59 Å². The smallest absolute Gasteiger partial charge is 0.338 e. The Morgan fingerprint density at radius 3 is 2.76 bits per heavy atom. The number of benzene rings is 1. The summed E-state index contributed by atoms with van der Waals surface area (Å²) in [6, 6.07) is 5.43. The fourth-order valence-corrected chi connectivity index (χ4v) is 2.07. The second-order valence-corrected chi connectivity index (χ2v) is 4.10. The van der Waals surface area contributed by atoms with Gasteiger partial charge in [0, 0.05) is 11.8 Å². The SMILES string of the molecule is CCOC(=O)c1ccc(CCC=O)c(CBr)c1. The monoisotopic (exact) mass is 298 g/mol. The second-order valence-electron chi connectivity index (χ2n) is 3.54. The summed E-state index contributed by atoms with van der Waals surface area (Å²) < 4.78 is 4.94. The standard InChI is InChI=1S/C13H15BrO3/c1-2-17-13(16)11-6-5-10(4-3-7-15)12(8-11)9-14/h5-8H,2-4,9H2,1H3. The lowest BCUT2D eigenvalue weighted by Gasteiger charge is -2.08. The highest BCUT2D eigenvalue weighted by Gasteiger charge is 2.09. The molecule has 0 N–H and O–H groups in total.